The molecule has 0 saturated heterocycles. The van der Waals surface area contributed by atoms with E-state index < -0.39 is 17.7 Å². The molecule has 1 unspecified atom stereocenters. The fourth-order valence-electron chi connectivity index (χ4n) is 1.10. The molecule has 1 aromatic rings. The Morgan fingerprint density at radius 1 is 1.53 bits per heavy atom. The first-order chi connectivity index (χ1) is 7.06. The number of ether oxygens (including phenoxy) is 1. The second-order valence-corrected chi connectivity index (χ2v) is 3.02. The van der Waals surface area contributed by atoms with Crippen LogP contribution >= 0.6 is 0 Å². The van der Waals surface area contributed by atoms with Gasteiger partial charge in [0, 0.05) is 0 Å². The van der Waals surface area contributed by atoms with E-state index in [0.29, 0.717) is 6.42 Å². The Bertz CT molecular complexity index is 368. The second-order valence-electron chi connectivity index (χ2n) is 3.02. The minimum absolute atomic E-state index is 0.207. The highest BCUT2D eigenvalue weighted by molar-refractivity contribution is 5.81. The molecule has 0 fully saturated rings. The molecule has 0 bridgehead atoms. The number of hydrogen-bond donors (Lipinski definition) is 2. The predicted molar refractivity (Wildman–Crippen MR) is 53.0 cm³/mol. The fourth-order valence-corrected chi connectivity index (χ4v) is 1.10. The molecule has 0 aliphatic carbocycles. The average Bonchev–Trinajstić information content (AvgIpc) is 2.19. The summed E-state index contributed by atoms with van der Waals surface area (Å²) in [6.07, 6.45) is -0.299. The van der Waals surface area contributed by atoms with E-state index in [9.17, 15) is 8.78 Å². The number of halogens is 2. The van der Waals surface area contributed by atoms with Gasteiger partial charge >= 0.3 is 0 Å². The van der Waals surface area contributed by atoms with Gasteiger partial charge in [0.25, 0.3) is 0 Å². The van der Waals surface area contributed by atoms with Crippen molar-refractivity contribution in [3.63, 3.8) is 0 Å². The van der Waals surface area contributed by atoms with Crippen molar-refractivity contribution in [2.45, 2.75) is 19.4 Å². The zero-order valence-corrected chi connectivity index (χ0v) is 8.26. The monoisotopic (exact) mass is 214 g/mol. The van der Waals surface area contributed by atoms with Crippen molar-refractivity contribution in [1.29, 1.82) is 5.41 Å². The molecule has 0 aliphatic heterocycles. The number of rotatable bonds is 4. The maximum atomic E-state index is 13.2. The first kappa shape index (κ1) is 11.4. The SMILES string of the molecule is CCC(Oc1cccc(F)c1F)C(=N)N. The zero-order chi connectivity index (χ0) is 11.4. The third kappa shape index (κ3) is 2.65. The maximum Gasteiger partial charge on any atom is 0.200 e. The summed E-state index contributed by atoms with van der Waals surface area (Å²) in [5, 5.41) is 7.16. The van der Waals surface area contributed by atoms with Crippen molar-refractivity contribution in [2.24, 2.45) is 5.73 Å². The smallest absolute Gasteiger partial charge is 0.200 e. The van der Waals surface area contributed by atoms with Crippen LogP contribution in [-0.4, -0.2) is 11.9 Å². The number of nitrogens with two attached hydrogens (primary N) is 1. The minimum Gasteiger partial charge on any atom is -0.479 e. The normalized spacial score (nSPS) is 12.2. The van der Waals surface area contributed by atoms with Crippen molar-refractivity contribution in [3.8, 4) is 5.75 Å². The van der Waals surface area contributed by atoms with Crippen molar-refractivity contribution < 1.29 is 13.5 Å². The average molecular weight is 214 g/mol. The van der Waals surface area contributed by atoms with Gasteiger partial charge in [-0.1, -0.05) is 13.0 Å². The molecule has 3 N–H and O–H groups in total. The predicted octanol–water partition coefficient (Wildman–Crippen LogP) is 2.06. The van der Waals surface area contributed by atoms with Crippen molar-refractivity contribution in [3.05, 3.63) is 29.8 Å². The molecule has 1 aromatic carbocycles. The molecule has 0 heterocycles. The third-order valence-electron chi connectivity index (χ3n) is 1.90. The topological polar surface area (TPSA) is 59.1 Å². The molecule has 0 saturated carbocycles. The first-order valence-corrected chi connectivity index (χ1v) is 4.50. The molecule has 0 spiro atoms. The summed E-state index contributed by atoms with van der Waals surface area (Å²) in [4.78, 5) is 0. The summed E-state index contributed by atoms with van der Waals surface area (Å²) in [6, 6.07) is 3.63. The molecule has 15 heavy (non-hydrogen) atoms. The second kappa shape index (κ2) is 4.72. The van der Waals surface area contributed by atoms with Crippen LogP contribution in [0.25, 0.3) is 0 Å². The van der Waals surface area contributed by atoms with Crippen LogP contribution in [0.5, 0.6) is 5.75 Å². The molecule has 0 radical (unpaired) electrons. The molecule has 0 amide bonds. The standard InChI is InChI=1S/C10H12F2N2O/c1-2-7(10(13)14)15-8-5-3-4-6(11)9(8)12/h3-5,7H,2H2,1H3,(H3,13,14). The molecule has 1 rings (SSSR count). The fraction of sp³-hybridized carbons (Fsp3) is 0.300. The van der Waals surface area contributed by atoms with Crippen LogP contribution in [-0.2, 0) is 0 Å². The van der Waals surface area contributed by atoms with Gasteiger partial charge < -0.3 is 10.5 Å². The highest BCUT2D eigenvalue weighted by Crippen LogP contribution is 2.20. The van der Waals surface area contributed by atoms with Gasteiger partial charge in [-0.05, 0) is 18.6 Å². The summed E-state index contributed by atoms with van der Waals surface area (Å²) < 4.78 is 31.0. The highest BCUT2D eigenvalue weighted by Gasteiger charge is 2.15. The number of amidine groups is 1. The van der Waals surface area contributed by atoms with E-state index in [-0.39, 0.29) is 11.6 Å². The van der Waals surface area contributed by atoms with Gasteiger partial charge in [-0.3, -0.25) is 5.41 Å². The van der Waals surface area contributed by atoms with E-state index in [1.54, 1.807) is 6.92 Å². The molecule has 82 valence electrons. The Balaban J connectivity index is 2.88. The van der Waals surface area contributed by atoms with E-state index in [1.165, 1.54) is 12.1 Å². The summed E-state index contributed by atoms with van der Waals surface area (Å²) >= 11 is 0. The lowest BCUT2D eigenvalue weighted by atomic mass is 10.2. The van der Waals surface area contributed by atoms with Crippen LogP contribution in [0.15, 0.2) is 18.2 Å². The van der Waals surface area contributed by atoms with Gasteiger partial charge in [0.2, 0.25) is 5.82 Å². The van der Waals surface area contributed by atoms with Crippen LogP contribution in [0.1, 0.15) is 13.3 Å². The molecule has 1 atom stereocenters. The molecular weight excluding hydrogens is 202 g/mol. The lowest BCUT2D eigenvalue weighted by molar-refractivity contribution is 0.244. The first-order valence-electron chi connectivity index (χ1n) is 4.50. The van der Waals surface area contributed by atoms with E-state index in [2.05, 4.69) is 0 Å². The van der Waals surface area contributed by atoms with E-state index in [4.69, 9.17) is 15.9 Å². The van der Waals surface area contributed by atoms with Crippen LogP contribution in [0.3, 0.4) is 0 Å². The summed E-state index contributed by atoms with van der Waals surface area (Å²) in [5.74, 6) is -2.47. The quantitative estimate of drug-likeness (QED) is 0.595. The number of benzene rings is 1. The lowest BCUT2D eigenvalue weighted by Gasteiger charge is -2.16. The van der Waals surface area contributed by atoms with Gasteiger partial charge in [-0.25, -0.2) is 4.39 Å². The molecular formula is C10H12F2N2O. The summed E-state index contributed by atoms with van der Waals surface area (Å²) in [5.41, 5.74) is 5.23. The Morgan fingerprint density at radius 3 is 2.73 bits per heavy atom. The highest BCUT2D eigenvalue weighted by atomic mass is 19.2. The molecule has 0 aliphatic rings. The van der Waals surface area contributed by atoms with E-state index in [0.717, 1.165) is 6.07 Å². The minimum atomic E-state index is -1.06. The van der Waals surface area contributed by atoms with Gasteiger partial charge in [0.1, 0.15) is 5.84 Å². The van der Waals surface area contributed by atoms with Crippen LogP contribution in [0, 0.1) is 17.0 Å². The van der Waals surface area contributed by atoms with Crippen molar-refractivity contribution in [1.82, 2.24) is 0 Å². The Morgan fingerprint density at radius 2 is 2.20 bits per heavy atom. The Labute approximate surface area is 86.4 Å². The van der Waals surface area contributed by atoms with E-state index >= 15 is 0 Å². The molecule has 0 aromatic heterocycles. The maximum absolute atomic E-state index is 13.2. The van der Waals surface area contributed by atoms with Gasteiger partial charge in [0.15, 0.2) is 17.7 Å². The number of hydrogen-bond acceptors (Lipinski definition) is 2. The van der Waals surface area contributed by atoms with Gasteiger partial charge in [-0.15, -0.1) is 0 Å². The lowest BCUT2D eigenvalue weighted by Crippen LogP contribution is -2.32. The van der Waals surface area contributed by atoms with Crippen LogP contribution in [0.2, 0.25) is 0 Å². The van der Waals surface area contributed by atoms with E-state index in [1.807, 2.05) is 0 Å². The zero-order valence-electron chi connectivity index (χ0n) is 8.26. The van der Waals surface area contributed by atoms with Crippen molar-refractivity contribution in [2.75, 3.05) is 0 Å². The van der Waals surface area contributed by atoms with Crippen molar-refractivity contribution >= 4 is 5.84 Å². The largest absolute Gasteiger partial charge is 0.479 e. The molecule has 5 heteroatoms. The summed E-state index contributed by atoms with van der Waals surface area (Å²) in [6.45, 7) is 1.74. The third-order valence-corrected chi connectivity index (χ3v) is 1.90. The number of nitrogens with one attached hydrogen (secondary N) is 1. The molecule has 3 nitrogen and oxygen atoms in total. The van der Waals surface area contributed by atoms with Crippen LogP contribution in [0.4, 0.5) is 8.78 Å². The van der Waals surface area contributed by atoms with Crippen LogP contribution < -0.4 is 10.5 Å². The Kier molecular flexibility index (Phi) is 3.60. The Hall–Kier alpha value is -1.65. The van der Waals surface area contributed by atoms with Gasteiger partial charge in [0.05, 0.1) is 0 Å². The summed E-state index contributed by atoms with van der Waals surface area (Å²) in [7, 11) is 0. The van der Waals surface area contributed by atoms with Gasteiger partial charge in [-0.2, -0.15) is 4.39 Å².